The molecule has 8 heteroatoms. The van der Waals surface area contributed by atoms with Crippen molar-refractivity contribution < 1.29 is 13.9 Å². The van der Waals surface area contributed by atoms with Gasteiger partial charge in [0.2, 0.25) is 5.91 Å². The van der Waals surface area contributed by atoms with Gasteiger partial charge in [-0.05, 0) is 61.5 Å². The topological polar surface area (TPSA) is 69.3 Å². The average molecular weight is 404 g/mol. The van der Waals surface area contributed by atoms with E-state index in [-0.39, 0.29) is 23.9 Å². The van der Waals surface area contributed by atoms with Gasteiger partial charge in [0.15, 0.2) is 6.61 Å². The number of carbonyl (C=O) groups excluding carboxylic acids is 1. The van der Waals surface area contributed by atoms with Crippen LogP contribution in [0.15, 0.2) is 46.9 Å². The number of aryl methyl sites for hydroxylation is 2. The molecule has 6 nitrogen and oxygen atoms in total. The smallest absolute Gasteiger partial charge is 0.287 e. The van der Waals surface area contributed by atoms with E-state index in [2.05, 4.69) is 10.4 Å². The summed E-state index contributed by atoms with van der Waals surface area (Å²) in [4.78, 5) is 12.4. The van der Waals surface area contributed by atoms with Crippen LogP contribution >= 0.6 is 23.8 Å². The zero-order chi connectivity index (χ0) is 19.4. The molecule has 0 saturated carbocycles. The molecule has 140 valence electrons. The summed E-state index contributed by atoms with van der Waals surface area (Å²) in [5, 5.41) is 7.64. The van der Waals surface area contributed by atoms with E-state index in [1.54, 1.807) is 18.2 Å². The molecule has 1 amide bonds. The maximum atomic E-state index is 12.3. The monoisotopic (exact) mass is 403 g/mol. The number of hydrogen-bond acceptors (Lipinski definition) is 5. The number of benzene rings is 2. The number of amides is 1. The Morgan fingerprint density at radius 3 is 2.78 bits per heavy atom. The molecule has 1 aromatic heterocycles. The van der Waals surface area contributed by atoms with Crippen molar-refractivity contribution in [1.82, 2.24) is 9.78 Å². The molecule has 0 aliphatic heterocycles. The van der Waals surface area contributed by atoms with Gasteiger partial charge >= 0.3 is 0 Å². The largest absolute Gasteiger partial charge is 0.484 e. The second kappa shape index (κ2) is 8.37. The van der Waals surface area contributed by atoms with E-state index in [9.17, 15) is 4.79 Å². The second-order valence-electron chi connectivity index (χ2n) is 5.98. The molecular weight excluding hydrogens is 386 g/mol. The van der Waals surface area contributed by atoms with Crippen molar-refractivity contribution in [2.75, 3.05) is 5.32 Å². The molecule has 0 saturated heterocycles. The molecule has 3 rings (SSSR count). The normalized spacial score (nSPS) is 10.6. The van der Waals surface area contributed by atoms with Crippen molar-refractivity contribution in [3.63, 3.8) is 0 Å². The van der Waals surface area contributed by atoms with Gasteiger partial charge in [-0.1, -0.05) is 29.8 Å². The zero-order valence-electron chi connectivity index (χ0n) is 14.9. The van der Waals surface area contributed by atoms with Crippen LogP contribution in [0.5, 0.6) is 5.75 Å². The standard InChI is InChI=1S/C19H18ClN3O3S/c1-12-5-3-4-6-16(12)25-11-18-22-23(19(27)26-18)10-17(24)21-15-8-7-14(20)9-13(15)2/h3-9H,10-11H2,1-2H3,(H,21,24). The highest BCUT2D eigenvalue weighted by molar-refractivity contribution is 7.71. The molecule has 2 aromatic carbocycles. The highest BCUT2D eigenvalue weighted by atomic mass is 35.5. The van der Waals surface area contributed by atoms with Gasteiger partial charge in [-0.3, -0.25) is 4.79 Å². The van der Waals surface area contributed by atoms with Crippen molar-refractivity contribution in [3.05, 3.63) is 69.3 Å². The lowest BCUT2D eigenvalue weighted by Crippen LogP contribution is -2.20. The molecule has 0 fully saturated rings. The highest BCUT2D eigenvalue weighted by Gasteiger charge is 2.12. The van der Waals surface area contributed by atoms with Crippen LogP contribution in [0.1, 0.15) is 17.0 Å². The summed E-state index contributed by atoms with van der Waals surface area (Å²) in [5.74, 6) is 0.777. The third-order valence-electron chi connectivity index (χ3n) is 3.85. The molecule has 0 unspecified atom stereocenters. The van der Waals surface area contributed by atoms with Crippen LogP contribution in [0.4, 0.5) is 5.69 Å². The summed E-state index contributed by atoms with van der Waals surface area (Å²) in [6, 6.07) is 12.9. The fourth-order valence-corrected chi connectivity index (χ4v) is 2.89. The molecule has 1 heterocycles. The summed E-state index contributed by atoms with van der Waals surface area (Å²) in [7, 11) is 0. The lowest BCUT2D eigenvalue weighted by Gasteiger charge is -2.08. The van der Waals surface area contributed by atoms with E-state index in [1.165, 1.54) is 4.68 Å². The maximum Gasteiger partial charge on any atom is 0.287 e. The molecule has 0 atom stereocenters. The Labute approximate surface area is 166 Å². The second-order valence-corrected chi connectivity index (χ2v) is 6.77. The van der Waals surface area contributed by atoms with Crippen LogP contribution in [-0.4, -0.2) is 15.7 Å². The minimum atomic E-state index is -0.267. The van der Waals surface area contributed by atoms with Crippen LogP contribution < -0.4 is 10.1 Å². The fourth-order valence-electron chi connectivity index (χ4n) is 2.46. The van der Waals surface area contributed by atoms with Gasteiger partial charge in [-0.2, -0.15) is 0 Å². The number of hydrogen-bond donors (Lipinski definition) is 1. The molecular formula is C19H18ClN3O3S. The Balaban J connectivity index is 1.63. The number of carbonyl (C=O) groups is 1. The summed E-state index contributed by atoms with van der Waals surface area (Å²) in [6.45, 7) is 3.88. The molecule has 0 spiro atoms. The van der Waals surface area contributed by atoms with Crippen molar-refractivity contribution in [3.8, 4) is 5.75 Å². The van der Waals surface area contributed by atoms with Gasteiger partial charge in [0.1, 0.15) is 12.3 Å². The van der Waals surface area contributed by atoms with E-state index in [0.717, 1.165) is 16.9 Å². The fraction of sp³-hybridized carbons (Fsp3) is 0.211. The molecule has 0 aliphatic carbocycles. The minimum absolute atomic E-state index is 0.0607. The number of para-hydroxylation sites is 1. The van der Waals surface area contributed by atoms with Crippen molar-refractivity contribution in [2.24, 2.45) is 0 Å². The lowest BCUT2D eigenvalue weighted by molar-refractivity contribution is -0.117. The first kappa shape index (κ1) is 19.1. The Morgan fingerprint density at radius 2 is 2.04 bits per heavy atom. The number of ether oxygens (including phenoxy) is 1. The average Bonchev–Trinajstić information content (AvgIpc) is 2.96. The van der Waals surface area contributed by atoms with E-state index in [4.69, 9.17) is 33.0 Å². The SMILES string of the molecule is Cc1cc(Cl)ccc1NC(=O)Cn1nc(COc2ccccc2C)oc1=S. The molecule has 1 N–H and O–H groups in total. The quantitative estimate of drug-likeness (QED) is 0.604. The molecule has 27 heavy (non-hydrogen) atoms. The van der Waals surface area contributed by atoms with E-state index >= 15 is 0 Å². The number of halogens is 1. The van der Waals surface area contributed by atoms with Crippen molar-refractivity contribution in [1.29, 1.82) is 0 Å². The number of nitrogens with zero attached hydrogens (tertiary/aromatic N) is 2. The minimum Gasteiger partial charge on any atom is -0.484 e. The Kier molecular flexibility index (Phi) is 5.93. The summed E-state index contributed by atoms with van der Waals surface area (Å²) in [5.41, 5.74) is 2.56. The van der Waals surface area contributed by atoms with Gasteiger partial charge in [0.05, 0.1) is 0 Å². The number of nitrogens with one attached hydrogen (secondary N) is 1. The first-order valence-corrected chi connectivity index (χ1v) is 9.02. The first-order valence-electron chi connectivity index (χ1n) is 8.23. The number of aromatic nitrogens is 2. The van der Waals surface area contributed by atoms with Crippen molar-refractivity contribution in [2.45, 2.75) is 27.0 Å². The summed E-state index contributed by atoms with van der Waals surface area (Å²) >= 11 is 11.1. The van der Waals surface area contributed by atoms with Gasteiger partial charge < -0.3 is 14.5 Å². The zero-order valence-corrected chi connectivity index (χ0v) is 16.4. The van der Waals surface area contributed by atoms with Gasteiger partial charge in [-0.15, -0.1) is 5.10 Å². The van der Waals surface area contributed by atoms with Crippen LogP contribution in [0.2, 0.25) is 5.02 Å². The van der Waals surface area contributed by atoms with Crippen LogP contribution in [-0.2, 0) is 17.9 Å². The van der Waals surface area contributed by atoms with Crippen molar-refractivity contribution >= 4 is 35.4 Å². The van der Waals surface area contributed by atoms with E-state index in [1.807, 2.05) is 38.1 Å². The van der Waals surface area contributed by atoms with Crippen LogP contribution in [0.3, 0.4) is 0 Å². The third kappa shape index (κ3) is 4.96. The molecule has 3 aromatic rings. The summed E-state index contributed by atoms with van der Waals surface area (Å²) in [6.07, 6.45) is 0. The molecule has 0 aliphatic rings. The van der Waals surface area contributed by atoms with E-state index < -0.39 is 0 Å². The van der Waals surface area contributed by atoms with E-state index in [0.29, 0.717) is 16.6 Å². The van der Waals surface area contributed by atoms with Gasteiger partial charge in [0.25, 0.3) is 10.7 Å². The Morgan fingerprint density at radius 1 is 1.26 bits per heavy atom. The lowest BCUT2D eigenvalue weighted by atomic mass is 10.2. The molecule has 0 radical (unpaired) electrons. The van der Waals surface area contributed by atoms with Crippen LogP contribution in [0, 0.1) is 18.7 Å². The predicted octanol–water partition coefficient (Wildman–Crippen LogP) is 4.69. The summed E-state index contributed by atoms with van der Waals surface area (Å²) < 4.78 is 12.4. The Hall–Kier alpha value is -2.64. The first-order chi connectivity index (χ1) is 12.9. The maximum absolute atomic E-state index is 12.3. The van der Waals surface area contributed by atoms with Gasteiger partial charge in [-0.25, -0.2) is 4.68 Å². The number of rotatable bonds is 6. The highest BCUT2D eigenvalue weighted by Crippen LogP contribution is 2.20. The Bertz CT molecular complexity index is 1030. The van der Waals surface area contributed by atoms with Gasteiger partial charge in [0, 0.05) is 10.7 Å². The number of anilines is 1. The predicted molar refractivity (Wildman–Crippen MR) is 106 cm³/mol. The third-order valence-corrected chi connectivity index (χ3v) is 4.38. The van der Waals surface area contributed by atoms with Crippen LogP contribution in [0.25, 0.3) is 0 Å². The molecule has 0 bridgehead atoms.